The van der Waals surface area contributed by atoms with Crippen LogP contribution in [0.25, 0.3) is 0 Å². The Balaban J connectivity index is 1.62. The molecule has 0 aliphatic carbocycles. The molecular formula is C18H17F3O4. The highest BCUT2D eigenvalue weighted by Gasteiger charge is 2.07. The first-order valence-corrected chi connectivity index (χ1v) is 7.60. The first kappa shape index (κ1) is 18.6. The van der Waals surface area contributed by atoms with Crippen LogP contribution in [0.4, 0.5) is 13.2 Å². The quantitative estimate of drug-likeness (QED) is 0.505. The lowest BCUT2D eigenvalue weighted by molar-refractivity contribution is -0.143. The van der Waals surface area contributed by atoms with Crippen LogP contribution in [-0.4, -0.2) is 25.8 Å². The fourth-order valence-corrected chi connectivity index (χ4v) is 1.97. The van der Waals surface area contributed by atoms with Gasteiger partial charge in [-0.15, -0.1) is 0 Å². The number of alkyl halides is 2. The number of rotatable bonds is 9. The maximum atomic E-state index is 12.7. The molecule has 0 saturated heterocycles. The molecule has 2 rings (SSSR count). The minimum atomic E-state index is -2.88. The summed E-state index contributed by atoms with van der Waals surface area (Å²) in [6.07, 6.45) is 0.526. The predicted molar refractivity (Wildman–Crippen MR) is 84.2 cm³/mol. The smallest absolute Gasteiger partial charge is 0.387 e. The number of benzene rings is 2. The second kappa shape index (κ2) is 9.56. The predicted octanol–water partition coefficient (Wildman–Crippen LogP) is 3.98. The molecule has 0 unspecified atom stereocenters. The van der Waals surface area contributed by atoms with Gasteiger partial charge in [0.05, 0.1) is 19.6 Å². The van der Waals surface area contributed by atoms with Crippen molar-refractivity contribution in [3.05, 3.63) is 59.9 Å². The molecule has 0 fully saturated rings. The van der Waals surface area contributed by atoms with E-state index < -0.39 is 12.6 Å². The molecule has 0 radical (unpaired) electrons. The monoisotopic (exact) mass is 354 g/mol. The molecule has 0 heterocycles. The van der Waals surface area contributed by atoms with Crippen molar-refractivity contribution in [1.82, 2.24) is 0 Å². The van der Waals surface area contributed by atoms with Gasteiger partial charge in [-0.1, -0.05) is 12.1 Å². The van der Waals surface area contributed by atoms with Gasteiger partial charge in [0.15, 0.2) is 0 Å². The van der Waals surface area contributed by atoms with Crippen molar-refractivity contribution in [1.29, 1.82) is 0 Å². The van der Waals surface area contributed by atoms with E-state index in [9.17, 15) is 18.0 Å². The molecule has 0 aliphatic heterocycles. The fraction of sp³-hybridized carbons (Fsp3) is 0.278. The van der Waals surface area contributed by atoms with Crippen molar-refractivity contribution >= 4 is 5.97 Å². The molecule has 0 atom stereocenters. The number of hydrogen-bond donors (Lipinski definition) is 0. The van der Waals surface area contributed by atoms with Gasteiger partial charge in [-0.2, -0.15) is 8.78 Å². The lowest BCUT2D eigenvalue weighted by atomic mass is 10.1. The second-order valence-corrected chi connectivity index (χ2v) is 5.08. The Morgan fingerprint density at radius 3 is 2.20 bits per heavy atom. The Labute approximate surface area is 143 Å². The molecular weight excluding hydrogens is 337 g/mol. The van der Waals surface area contributed by atoms with Crippen molar-refractivity contribution in [2.45, 2.75) is 19.5 Å². The van der Waals surface area contributed by atoms with Crippen molar-refractivity contribution in [3.63, 3.8) is 0 Å². The van der Waals surface area contributed by atoms with Gasteiger partial charge in [0, 0.05) is 6.42 Å². The maximum Gasteiger partial charge on any atom is 0.387 e. The third-order valence-electron chi connectivity index (χ3n) is 3.13. The number of hydrogen-bond acceptors (Lipinski definition) is 4. The van der Waals surface area contributed by atoms with Crippen molar-refractivity contribution in [2.75, 3.05) is 13.2 Å². The lowest BCUT2D eigenvalue weighted by Gasteiger charge is -2.08. The summed E-state index contributed by atoms with van der Waals surface area (Å²) < 4.78 is 51.5. The molecule has 0 amide bonds. The average molecular weight is 354 g/mol. The average Bonchev–Trinajstić information content (AvgIpc) is 2.57. The zero-order valence-corrected chi connectivity index (χ0v) is 13.3. The maximum absolute atomic E-state index is 12.7. The van der Waals surface area contributed by atoms with E-state index in [1.54, 1.807) is 0 Å². The van der Waals surface area contributed by atoms with E-state index in [1.807, 2.05) is 0 Å². The standard InChI is InChI=1S/C18H17F3O4/c19-14-4-8-15(9-5-14)23-10-1-11-24-17(22)12-13-2-6-16(7-3-13)25-18(20)21/h2-9,18H,1,10-12H2. The van der Waals surface area contributed by atoms with Gasteiger partial charge in [0.2, 0.25) is 0 Å². The van der Waals surface area contributed by atoms with Gasteiger partial charge in [0.25, 0.3) is 0 Å². The highest BCUT2D eigenvalue weighted by atomic mass is 19.3. The summed E-state index contributed by atoms with van der Waals surface area (Å²) in [7, 11) is 0. The molecule has 7 heteroatoms. The number of ether oxygens (including phenoxy) is 3. The van der Waals surface area contributed by atoms with Gasteiger partial charge in [-0.05, 0) is 42.0 Å². The topological polar surface area (TPSA) is 44.8 Å². The van der Waals surface area contributed by atoms with E-state index in [-0.39, 0.29) is 24.6 Å². The Morgan fingerprint density at radius 1 is 0.920 bits per heavy atom. The molecule has 0 N–H and O–H groups in total. The number of carbonyl (C=O) groups excluding carboxylic acids is 1. The number of carbonyl (C=O) groups is 1. The summed E-state index contributed by atoms with van der Waals surface area (Å²) in [5.41, 5.74) is 0.633. The molecule has 25 heavy (non-hydrogen) atoms. The second-order valence-electron chi connectivity index (χ2n) is 5.08. The van der Waals surface area contributed by atoms with Crippen LogP contribution in [-0.2, 0) is 16.0 Å². The first-order valence-electron chi connectivity index (χ1n) is 7.60. The van der Waals surface area contributed by atoms with Crippen LogP contribution in [0.1, 0.15) is 12.0 Å². The van der Waals surface area contributed by atoms with Gasteiger partial charge in [0.1, 0.15) is 17.3 Å². The van der Waals surface area contributed by atoms with Crippen molar-refractivity contribution < 1.29 is 32.2 Å². The van der Waals surface area contributed by atoms with Gasteiger partial charge in [-0.25, -0.2) is 4.39 Å². The van der Waals surface area contributed by atoms with E-state index in [0.717, 1.165) is 0 Å². The zero-order valence-electron chi connectivity index (χ0n) is 13.3. The Kier molecular flexibility index (Phi) is 7.13. The molecule has 0 aromatic heterocycles. The summed E-state index contributed by atoms with van der Waals surface area (Å²) in [4.78, 5) is 11.7. The Hall–Kier alpha value is -2.70. The van der Waals surface area contributed by atoms with E-state index in [4.69, 9.17) is 9.47 Å². The van der Waals surface area contributed by atoms with E-state index in [1.165, 1.54) is 48.5 Å². The van der Waals surface area contributed by atoms with Gasteiger partial charge < -0.3 is 14.2 Å². The summed E-state index contributed by atoms with van der Waals surface area (Å²) in [6.45, 7) is -2.36. The minimum Gasteiger partial charge on any atom is -0.493 e. The van der Waals surface area contributed by atoms with Crippen LogP contribution in [0.3, 0.4) is 0 Å². The largest absolute Gasteiger partial charge is 0.493 e. The molecule has 134 valence electrons. The summed E-state index contributed by atoms with van der Waals surface area (Å²) in [6, 6.07) is 11.4. The van der Waals surface area contributed by atoms with Crippen LogP contribution >= 0.6 is 0 Å². The molecule has 0 saturated carbocycles. The molecule has 0 spiro atoms. The Morgan fingerprint density at radius 2 is 1.56 bits per heavy atom. The highest BCUT2D eigenvalue weighted by Crippen LogP contribution is 2.15. The first-order chi connectivity index (χ1) is 12.0. The lowest BCUT2D eigenvalue weighted by Crippen LogP contribution is -2.11. The summed E-state index contributed by atoms with van der Waals surface area (Å²) >= 11 is 0. The van der Waals surface area contributed by atoms with Crippen LogP contribution in [0, 0.1) is 5.82 Å². The Bertz CT molecular complexity index is 657. The van der Waals surface area contributed by atoms with Gasteiger partial charge in [-0.3, -0.25) is 4.79 Å². The molecule has 2 aromatic rings. The van der Waals surface area contributed by atoms with Crippen LogP contribution < -0.4 is 9.47 Å². The summed E-state index contributed by atoms with van der Waals surface area (Å²) in [5, 5.41) is 0. The molecule has 2 aromatic carbocycles. The number of esters is 1. The SMILES string of the molecule is O=C(Cc1ccc(OC(F)F)cc1)OCCCOc1ccc(F)cc1. The zero-order chi connectivity index (χ0) is 18.1. The van der Waals surface area contributed by atoms with Crippen molar-refractivity contribution in [3.8, 4) is 11.5 Å². The normalized spacial score (nSPS) is 10.6. The number of halogens is 3. The van der Waals surface area contributed by atoms with Gasteiger partial charge >= 0.3 is 12.6 Å². The third-order valence-corrected chi connectivity index (χ3v) is 3.13. The molecule has 0 bridgehead atoms. The van der Waals surface area contributed by atoms with Crippen LogP contribution in [0.2, 0.25) is 0 Å². The van der Waals surface area contributed by atoms with E-state index in [2.05, 4.69) is 4.74 Å². The fourth-order valence-electron chi connectivity index (χ4n) is 1.97. The van der Waals surface area contributed by atoms with Crippen LogP contribution in [0.15, 0.2) is 48.5 Å². The van der Waals surface area contributed by atoms with E-state index >= 15 is 0 Å². The third kappa shape index (κ3) is 7.15. The summed E-state index contributed by atoms with van der Waals surface area (Å²) in [5.74, 6) is -0.191. The van der Waals surface area contributed by atoms with Crippen molar-refractivity contribution in [2.24, 2.45) is 0 Å². The molecule has 4 nitrogen and oxygen atoms in total. The van der Waals surface area contributed by atoms with E-state index in [0.29, 0.717) is 24.3 Å². The molecule has 0 aliphatic rings. The highest BCUT2D eigenvalue weighted by molar-refractivity contribution is 5.72. The van der Waals surface area contributed by atoms with Crippen LogP contribution in [0.5, 0.6) is 11.5 Å². The minimum absolute atomic E-state index is 0.0325.